The lowest BCUT2D eigenvalue weighted by molar-refractivity contribution is -0.120. The van der Waals surface area contributed by atoms with Gasteiger partial charge in [0.15, 0.2) is 5.78 Å². The third kappa shape index (κ3) is 3.65. The number of carbonyl (C=O) groups excluding carboxylic acids is 1. The quantitative estimate of drug-likeness (QED) is 0.697. The Morgan fingerprint density at radius 3 is 3.00 bits per heavy atom. The smallest absolute Gasteiger partial charge is 0.156 e. The van der Waals surface area contributed by atoms with E-state index < -0.39 is 6.04 Å². The molecule has 0 saturated heterocycles. The standard InChI is InChI=1S/C10H15N3O2/c1-15-6-8(11)9(14)4-7-2-3-13-10(12)5-7/h2-3,5,8H,4,6,11H2,1H3,(H2,12,13). The highest BCUT2D eigenvalue weighted by Crippen LogP contribution is 2.05. The van der Waals surface area contributed by atoms with Gasteiger partial charge in [-0.3, -0.25) is 4.79 Å². The average molecular weight is 209 g/mol. The largest absolute Gasteiger partial charge is 0.384 e. The number of nitrogens with zero attached hydrogens (tertiary/aromatic N) is 1. The lowest BCUT2D eigenvalue weighted by atomic mass is 10.1. The van der Waals surface area contributed by atoms with E-state index in [1.54, 1.807) is 18.3 Å². The van der Waals surface area contributed by atoms with Crippen LogP contribution in [-0.2, 0) is 16.0 Å². The van der Waals surface area contributed by atoms with E-state index in [1.165, 1.54) is 7.11 Å². The number of aromatic nitrogens is 1. The first-order valence-corrected chi connectivity index (χ1v) is 4.61. The van der Waals surface area contributed by atoms with Gasteiger partial charge in [-0.1, -0.05) is 0 Å². The zero-order valence-electron chi connectivity index (χ0n) is 8.64. The van der Waals surface area contributed by atoms with Crippen LogP contribution in [0.2, 0.25) is 0 Å². The first-order valence-electron chi connectivity index (χ1n) is 4.61. The van der Waals surface area contributed by atoms with Crippen molar-refractivity contribution in [1.82, 2.24) is 4.98 Å². The third-order valence-corrected chi connectivity index (χ3v) is 1.98. The Kier molecular flexibility index (Phi) is 4.20. The number of rotatable bonds is 5. The van der Waals surface area contributed by atoms with Crippen molar-refractivity contribution in [2.24, 2.45) is 5.73 Å². The average Bonchev–Trinajstić information content (AvgIpc) is 2.18. The summed E-state index contributed by atoms with van der Waals surface area (Å²) in [6.07, 6.45) is 1.83. The van der Waals surface area contributed by atoms with Gasteiger partial charge in [0.05, 0.1) is 12.6 Å². The van der Waals surface area contributed by atoms with Crippen molar-refractivity contribution in [3.05, 3.63) is 23.9 Å². The number of methoxy groups -OCH3 is 1. The van der Waals surface area contributed by atoms with Crippen molar-refractivity contribution in [3.63, 3.8) is 0 Å². The Morgan fingerprint density at radius 2 is 2.40 bits per heavy atom. The highest BCUT2D eigenvalue weighted by atomic mass is 16.5. The molecular weight excluding hydrogens is 194 g/mol. The van der Waals surface area contributed by atoms with Crippen molar-refractivity contribution in [1.29, 1.82) is 0 Å². The molecule has 1 unspecified atom stereocenters. The van der Waals surface area contributed by atoms with Crippen LogP contribution < -0.4 is 11.5 Å². The summed E-state index contributed by atoms with van der Waals surface area (Å²) in [7, 11) is 1.51. The third-order valence-electron chi connectivity index (χ3n) is 1.98. The number of carbonyl (C=O) groups is 1. The Hall–Kier alpha value is -1.46. The molecule has 1 heterocycles. The van der Waals surface area contributed by atoms with Gasteiger partial charge < -0.3 is 16.2 Å². The van der Waals surface area contributed by atoms with Crippen LogP contribution in [0, 0.1) is 0 Å². The number of ether oxygens (including phenoxy) is 1. The highest BCUT2D eigenvalue weighted by Gasteiger charge is 2.13. The molecule has 1 aromatic rings. The van der Waals surface area contributed by atoms with Gasteiger partial charge in [0.2, 0.25) is 0 Å². The molecule has 15 heavy (non-hydrogen) atoms. The molecule has 5 nitrogen and oxygen atoms in total. The summed E-state index contributed by atoms with van der Waals surface area (Å²) < 4.78 is 4.80. The SMILES string of the molecule is COCC(N)C(=O)Cc1ccnc(N)c1. The van der Waals surface area contributed by atoms with E-state index in [-0.39, 0.29) is 18.8 Å². The molecule has 5 heteroatoms. The molecule has 0 amide bonds. The fourth-order valence-electron chi connectivity index (χ4n) is 1.21. The molecule has 0 fully saturated rings. The van der Waals surface area contributed by atoms with E-state index in [2.05, 4.69) is 4.98 Å². The van der Waals surface area contributed by atoms with Gasteiger partial charge in [0.25, 0.3) is 0 Å². The Morgan fingerprint density at radius 1 is 1.67 bits per heavy atom. The van der Waals surface area contributed by atoms with E-state index >= 15 is 0 Å². The maximum absolute atomic E-state index is 11.5. The molecule has 0 bridgehead atoms. The Bertz CT molecular complexity index is 341. The van der Waals surface area contributed by atoms with Crippen LogP contribution in [-0.4, -0.2) is 30.5 Å². The van der Waals surface area contributed by atoms with Crippen LogP contribution in [0.25, 0.3) is 0 Å². The first-order chi connectivity index (χ1) is 7.13. The van der Waals surface area contributed by atoms with Crippen LogP contribution in [0.3, 0.4) is 0 Å². The molecule has 0 aliphatic carbocycles. The van der Waals surface area contributed by atoms with Crippen molar-refractivity contribution >= 4 is 11.6 Å². The first kappa shape index (κ1) is 11.6. The van der Waals surface area contributed by atoms with Crippen molar-refractivity contribution < 1.29 is 9.53 Å². The summed E-state index contributed by atoms with van der Waals surface area (Å²) in [4.78, 5) is 15.4. The number of Topliss-reactive ketones (excluding diaryl/α,β-unsaturated/α-hetero) is 1. The number of hydrogen-bond donors (Lipinski definition) is 2. The molecule has 0 aromatic carbocycles. The summed E-state index contributed by atoms with van der Waals surface area (Å²) in [6.45, 7) is 0.236. The second-order valence-corrected chi connectivity index (χ2v) is 3.29. The minimum atomic E-state index is -0.579. The summed E-state index contributed by atoms with van der Waals surface area (Å²) in [6, 6.07) is 2.83. The summed E-state index contributed by atoms with van der Waals surface area (Å²) in [5.74, 6) is 0.336. The number of pyridine rings is 1. The molecule has 1 aromatic heterocycles. The van der Waals surface area contributed by atoms with Crippen molar-refractivity contribution in [2.45, 2.75) is 12.5 Å². The predicted octanol–water partition coefficient (Wildman–Crippen LogP) is -0.251. The predicted molar refractivity (Wildman–Crippen MR) is 57.2 cm³/mol. The number of hydrogen-bond acceptors (Lipinski definition) is 5. The monoisotopic (exact) mass is 209 g/mol. The molecule has 0 spiro atoms. The molecule has 0 saturated carbocycles. The van der Waals surface area contributed by atoms with Gasteiger partial charge in [0.1, 0.15) is 5.82 Å². The number of anilines is 1. The fraction of sp³-hybridized carbons (Fsp3) is 0.400. The Balaban J connectivity index is 2.58. The molecule has 1 atom stereocenters. The molecular formula is C10H15N3O2. The normalized spacial score (nSPS) is 12.4. The van der Waals surface area contributed by atoms with Gasteiger partial charge in [0, 0.05) is 19.7 Å². The van der Waals surface area contributed by atoms with Crippen LogP contribution >= 0.6 is 0 Å². The minimum absolute atomic E-state index is 0.0672. The minimum Gasteiger partial charge on any atom is -0.384 e. The van der Waals surface area contributed by atoms with E-state index in [0.29, 0.717) is 5.82 Å². The summed E-state index contributed by atoms with van der Waals surface area (Å²) in [5.41, 5.74) is 11.9. The highest BCUT2D eigenvalue weighted by molar-refractivity contribution is 5.86. The number of nitrogen functional groups attached to an aromatic ring is 1. The van der Waals surface area contributed by atoms with Crippen molar-refractivity contribution in [2.75, 3.05) is 19.5 Å². The van der Waals surface area contributed by atoms with Crippen LogP contribution in [0.1, 0.15) is 5.56 Å². The van der Waals surface area contributed by atoms with Crippen LogP contribution in [0.15, 0.2) is 18.3 Å². The van der Waals surface area contributed by atoms with E-state index in [1.807, 2.05) is 0 Å². The van der Waals surface area contributed by atoms with E-state index in [0.717, 1.165) is 5.56 Å². The molecule has 0 radical (unpaired) electrons. The fourth-order valence-corrected chi connectivity index (χ4v) is 1.21. The van der Waals surface area contributed by atoms with Crippen LogP contribution in [0.4, 0.5) is 5.82 Å². The number of ketones is 1. The lowest BCUT2D eigenvalue weighted by Crippen LogP contribution is -2.35. The zero-order valence-corrected chi connectivity index (χ0v) is 8.64. The number of nitrogens with two attached hydrogens (primary N) is 2. The molecule has 1 rings (SSSR count). The Labute approximate surface area is 88.4 Å². The molecule has 0 aliphatic heterocycles. The van der Waals surface area contributed by atoms with Gasteiger partial charge in [-0.2, -0.15) is 0 Å². The van der Waals surface area contributed by atoms with E-state index in [9.17, 15) is 4.79 Å². The second kappa shape index (κ2) is 5.43. The lowest BCUT2D eigenvalue weighted by Gasteiger charge is -2.09. The summed E-state index contributed by atoms with van der Waals surface area (Å²) in [5, 5.41) is 0. The topological polar surface area (TPSA) is 91.2 Å². The van der Waals surface area contributed by atoms with Crippen LogP contribution in [0.5, 0.6) is 0 Å². The molecule has 82 valence electrons. The second-order valence-electron chi connectivity index (χ2n) is 3.29. The maximum Gasteiger partial charge on any atom is 0.156 e. The van der Waals surface area contributed by atoms with Gasteiger partial charge >= 0.3 is 0 Å². The molecule has 4 N–H and O–H groups in total. The van der Waals surface area contributed by atoms with Crippen molar-refractivity contribution in [3.8, 4) is 0 Å². The van der Waals surface area contributed by atoms with Gasteiger partial charge in [-0.15, -0.1) is 0 Å². The van der Waals surface area contributed by atoms with Gasteiger partial charge in [-0.05, 0) is 17.7 Å². The van der Waals surface area contributed by atoms with Gasteiger partial charge in [-0.25, -0.2) is 4.98 Å². The summed E-state index contributed by atoms with van der Waals surface area (Å²) >= 11 is 0. The maximum atomic E-state index is 11.5. The zero-order chi connectivity index (χ0) is 11.3. The van der Waals surface area contributed by atoms with E-state index in [4.69, 9.17) is 16.2 Å². The molecule has 0 aliphatic rings.